The number of hydrogen-bond acceptors (Lipinski definition) is 2. The van der Waals surface area contributed by atoms with Gasteiger partial charge < -0.3 is 10.6 Å². The van der Waals surface area contributed by atoms with Gasteiger partial charge in [0.05, 0.1) is 0 Å². The lowest BCUT2D eigenvalue weighted by Gasteiger charge is -2.20. The van der Waals surface area contributed by atoms with Crippen molar-refractivity contribution in [3.8, 4) is 0 Å². The van der Waals surface area contributed by atoms with E-state index in [0.717, 1.165) is 12.0 Å². The number of amides is 1. The van der Waals surface area contributed by atoms with Crippen LogP contribution < -0.4 is 5.73 Å². The van der Waals surface area contributed by atoms with Crippen LogP contribution in [-0.2, 0) is 4.79 Å². The average Bonchev–Trinajstić information content (AvgIpc) is 2.02. The SMILES string of the molecule is C=C(C)CN(C)C(=O)C(C)CCN. The highest BCUT2D eigenvalue weighted by atomic mass is 16.2. The van der Waals surface area contributed by atoms with Crippen LogP contribution in [0.1, 0.15) is 20.3 Å². The summed E-state index contributed by atoms with van der Waals surface area (Å²) in [6.07, 6.45) is 0.749. The molecule has 0 aliphatic rings. The number of nitrogens with zero attached hydrogens (tertiary/aromatic N) is 1. The quantitative estimate of drug-likeness (QED) is 0.648. The molecule has 1 atom stereocenters. The van der Waals surface area contributed by atoms with Crippen LogP contribution in [0.4, 0.5) is 0 Å². The van der Waals surface area contributed by atoms with Crippen LogP contribution in [0.2, 0.25) is 0 Å². The van der Waals surface area contributed by atoms with E-state index >= 15 is 0 Å². The predicted molar refractivity (Wildman–Crippen MR) is 55.3 cm³/mol. The zero-order chi connectivity index (χ0) is 10.4. The van der Waals surface area contributed by atoms with Gasteiger partial charge in [0.15, 0.2) is 0 Å². The Balaban J connectivity index is 4.01. The van der Waals surface area contributed by atoms with E-state index in [2.05, 4.69) is 6.58 Å². The zero-order valence-electron chi connectivity index (χ0n) is 8.84. The second-order valence-corrected chi connectivity index (χ2v) is 3.63. The van der Waals surface area contributed by atoms with E-state index in [9.17, 15) is 4.79 Å². The molecule has 0 saturated heterocycles. The smallest absolute Gasteiger partial charge is 0.225 e. The normalized spacial score (nSPS) is 12.3. The van der Waals surface area contributed by atoms with Crippen molar-refractivity contribution < 1.29 is 4.79 Å². The molecule has 0 bridgehead atoms. The first kappa shape index (κ1) is 12.2. The van der Waals surface area contributed by atoms with Crippen molar-refractivity contribution in [1.82, 2.24) is 4.90 Å². The molecule has 0 rings (SSSR count). The fourth-order valence-corrected chi connectivity index (χ4v) is 1.23. The van der Waals surface area contributed by atoms with E-state index in [1.165, 1.54) is 0 Å². The van der Waals surface area contributed by atoms with Crippen LogP contribution in [0.5, 0.6) is 0 Å². The first-order valence-corrected chi connectivity index (χ1v) is 4.58. The van der Waals surface area contributed by atoms with Crippen molar-refractivity contribution in [1.29, 1.82) is 0 Å². The predicted octanol–water partition coefficient (Wildman–Crippen LogP) is 1.01. The molecule has 0 saturated carbocycles. The van der Waals surface area contributed by atoms with Crippen molar-refractivity contribution in [3.63, 3.8) is 0 Å². The molecule has 76 valence electrons. The minimum absolute atomic E-state index is 0.0225. The number of likely N-dealkylation sites (N-methyl/N-ethyl adjacent to an activating group) is 1. The van der Waals surface area contributed by atoms with Gasteiger partial charge in [-0.05, 0) is 19.9 Å². The maximum atomic E-state index is 11.6. The third-order valence-corrected chi connectivity index (χ3v) is 1.90. The van der Waals surface area contributed by atoms with Gasteiger partial charge in [0, 0.05) is 19.5 Å². The highest BCUT2D eigenvalue weighted by Gasteiger charge is 2.15. The molecule has 0 spiro atoms. The second-order valence-electron chi connectivity index (χ2n) is 3.63. The molecule has 0 aromatic heterocycles. The molecule has 2 N–H and O–H groups in total. The van der Waals surface area contributed by atoms with Gasteiger partial charge in [-0.3, -0.25) is 4.79 Å². The third kappa shape index (κ3) is 4.68. The monoisotopic (exact) mass is 184 g/mol. The summed E-state index contributed by atoms with van der Waals surface area (Å²) in [4.78, 5) is 13.3. The van der Waals surface area contributed by atoms with E-state index < -0.39 is 0 Å². The van der Waals surface area contributed by atoms with Gasteiger partial charge in [-0.1, -0.05) is 19.1 Å². The summed E-state index contributed by atoms with van der Waals surface area (Å²) in [6, 6.07) is 0. The molecule has 1 unspecified atom stereocenters. The Hall–Kier alpha value is -0.830. The molecule has 3 nitrogen and oxygen atoms in total. The van der Waals surface area contributed by atoms with E-state index in [1.54, 1.807) is 11.9 Å². The molecule has 0 aromatic carbocycles. The molecule has 13 heavy (non-hydrogen) atoms. The Morgan fingerprint density at radius 3 is 2.54 bits per heavy atom. The molecule has 0 aliphatic carbocycles. The lowest BCUT2D eigenvalue weighted by atomic mass is 10.1. The van der Waals surface area contributed by atoms with Gasteiger partial charge in [0.25, 0.3) is 0 Å². The summed E-state index contributed by atoms with van der Waals surface area (Å²) in [7, 11) is 1.80. The van der Waals surface area contributed by atoms with Crippen molar-refractivity contribution in [2.75, 3.05) is 20.1 Å². The number of nitrogens with two attached hydrogens (primary N) is 1. The highest BCUT2D eigenvalue weighted by Crippen LogP contribution is 2.05. The molecular weight excluding hydrogens is 164 g/mol. The molecule has 0 heterocycles. The second kappa shape index (κ2) is 5.75. The van der Waals surface area contributed by atoms with Gasteiger partial charge in [-0.2, -0.15) is 0 Å². The van der Waals surface area contributed by atoms with Crippen LogP contribution in [0.3, 0.4) is 0 Å². The van der Waals surface area contributed by atoms with Crippen LogP contribution in [0, 0.1) is 5.92 Å². The summed E-state index contributed by atoms with van der Waals surface area (Å²) >= 11 is 0. The van der Waals surface area contributed by atoms with E-state index in [0.29, 0.717) is 13.1 Å². The standard InChI is InChI=1S/C10H20N2O/c1-8(2)7-12(4)10(13)9(3)5-6-11/h9H,1,5-7,11H2,2-4H3. The third-order valence-electron chi connectivity index (χ3n) is 1.90. The van der Waals surface area contributed by atoms with Gasteiger partial charge in [0.2, 0.25) is 5.91 Å². The first-order chi connectivity index (χ1) is 5.99. The van der Waals surface area contributed by atoms with Crippen molar-refractivity contribution in [2.45, 2.75) is 20.3 Å². The minimum atomic E-state index is 0.0225. The lowest BCUT2D eigenvalue weighted by Crippen LogP contribution is -2.33. The number of carbonyl (C=O) groups is 1. The van der Waals surface area contributed by atoms with Crippen LogP contribution in [0.25, 0.3) is 0 Å². The minimum Gasteiger partial charge on any atom is -0.342 e. The van der Waals surface area contributed by atoms with E-state index in [1.807, 2.05) is 13.8 Å². The number of hydrogen-bond donors (Lipinski definition) is 1. The molecule has 0 aliphatic heterocycles. The van der Waals surface area contributed by atoms with Gasteiger partial charge >= 0.3 is 0 Å². The molecule has 1 amide bonds. The van der Waals surface area contributed by atoms with Gasteiger partial charge in [-0.15, -0.1) is 0 Å². The molecule has 0 radical (unpaired) electrons. The molecule has 3 heteroatoms. The molecular formula is C10H20N2O. The lowest BCUT2D eigenvalue weighted by molar-refractivity contribution is -0.133. The van der Waals surface area contributed by atoms with E-state index in [-0.39, 0.29) is 11.8 Å². The maximum absolute atomic E-state index is 11.6. The van der Waals surface area contributed by atoms with Crippen molar-refractivity contribution >= 4 is 5.91 Å². The fraction of sp³-hybridized carbons (Fsp3) is 0.700. The summed E-state index contributed by atoms with van der Waals surface area (Å²) < 4.78 is 0. The molecule has 0 aromatic rings. The topological polar surface area (TPSA) is 46.3 Å². The number of carbonyl (C=O) groups excluding carboxylic acids is 1. The Morgan fingerprint density at radius 2 is 2.15 bits per heavy atom. The Bertz CT molecular complexity index is 189. The van der Waals surface area contributed by atoms with Crippen molar-refractivity contribution in [3.05, 3.63) is 12.2 Å². The first-order valence-electron chi connectivity index (χ1n) is 4.58. The summed E-state index contributed by atoms with van der Waals surface area (Å²) in [5.41, 5.74) is 6.38. The summed E-state index contributed by atoms with van der Waals surface area (Å²) in [5.74, 6) is 0.169. The number of rotatable bonds is 5. The zero-order valence-corrected chi connectivity index (χ0v) is 8.84. The fourth-order valence-electron chi connectivity index (χ4n) is 1.23. The Morgan fingerprint density at radius 1 is 1.62 bits per heavy atom. The largest absolute Gasteiger partial charge is 0.342 e. The summed E-state index contributed by atoms with van der Waals surface area (Å²) in [6.45, 7) is 8.78. The van der Waals surface area contributed by atoms with Crippen molar-refractivity contribution in [2.24, 2.45) is 11.7 Å². The van der Waals surface area contributed by atoms with E-state index in [4.69, 9.17) is 5.73 Å². The molecule has 0 fully saturated rings. The summed E-state index contributed by atoms with van der Waals surface area (Å²) in [5, 5.41) is 0. The average molecular weight is 184 g/mol. The van der Waals surface area contributed by atoms with Gasteiger partial charge in [-0.25, -0.2) is 0 Å². The van der Waals surface area contributed by atoms with Crippen LogP contribution >= 0.6 is 0 Å². The van der Waals surface area contributed by atoms with Gasteiger partial charge in [0.1, 0.15) is 0 Å². The maximum Gasteiger partial charge on any atom is 0.225 e. The van der Waals surface area contributed by atoms with Crippen LogP contribution in [0.15, 0.2) is 12.2 Å². The Labute approximate surface area is 80.6 Å². The van der Waals surface area contributed by atoms with Crippen LogP contribution in [-0.4, -0.2) is 30.9 Å². The Kier molecular flexibility index (Phi) is 5.39. The highest BCUT2D eigenvalue weighted by molar-refractivity contribution is 5.78.